The van der Waals surface area contributed by atoms with Gasteiger partial charge in [-0.1, -0.05) is 25.4 Å². The smallest absolute Gasteiger partial charge is 0.215 e. The molecular weight excluding hydrogens is 503 g/mol. The van der Waals surface area contributed by atoms with Crippen molar-refractivity contribution in [2.24, 2.45) is 4.99 Å². The Hall–Kier alpha value is -0.780. The van der Waals surface area contributed by atoms with Gasteiger partial charge in [-0.05, 0) is 24.3 Å². The highest BCUT2D eigenvalue weighted by molar-refractivity contribution is 14.0. The van der Waals surface area contributed by atoms with Crippen molar-refractivity contribution in [3.05, 3.63) is 29.3 Å². The van der Waals surface area contributed by atoms with E-state index >= 15 is 0 Å². The highest BCUT2D eigenvalue weighted by atomic mass is 127. The summed E-state index contributed by atoms with van der Waals surface area (Å²) in [4.78, 5) is 6.07. The van der Waals surface area contributed by atoms with Crippen molar-refractivity contribution < 1.29 is 13.2 Å². The van der Waals surface area contributed by atoms with Crippen LogP contribution in [-0.2, 0) is 10.0 Å². The zero-order valence-corrected chi connectivity index (χ0v) is 20.2. The molecule has 0 fully saturated rings. The van der Waals surface area contributed by atoms with Gasteiger partial charge in [0.25, 0.3) is 0 Å². The van der Waals surface area contributed by atoms with Gasteiger partial charge in [0.2, 0.25) is 10.0 Å². The summed E-state index contributed by atoms with van der Waals surface area (Å²) in [7, 11) is 0.292. The SMILES string of the molecule is CCN(CC)S(=O)(=O)CCNC(=NC)N(C)CCOc1ccc(Cl)cc1.I. The van der Waals surface area contributed by atoms with Crippen LogP contribution in [0, 0.1) is 0 Å². The number of halogens is 2. The molecule has 0 bridgehead atoms. The molecule has 1 aromatic rings. The molecule has 0 heterocycles. The van der Waals surface area contributed by atoms with Crippen LogP contribution in [0.25, 0.3) is 0 Å². The number of nitrogens with one attached hydrogen (secondary N) is 1. The first-order valence-electron chi connectivity index (χ1n) is 8.62. The summed E-state index contributed by atoms with van der Waals surface area (Å²) in [6.45, 7) is 6.00. The summed E-state index contributed by atoms with van der Waals surface area (Å²) in [6.07, 6.45) is 0. The summed E-state index contributed by atoms with van der Waals surface area (Å²) < 4.78 is 31.5. The predicted octanol–water partition coefficient (Wildman–Crippen LogP) is 2.52. The summed E-state index contributed by atoms with van der Waals surface area (Å²) in [6, 6.07) is 7.18. The molecule has 7 nitrogen and oxygen atoms in total. The normalized spacial score (nSPS) is 11.9. The standard InChI is InChI=1S/C17H29ClN4O3S.HI/c1-5-22(6-2)26(23,24)14-11-20-17(19-3)21(4)12-13-25-16-9-7-15(18)8-10-16;/h7-10H,5-6,11-14H2,1-4H3,(H,19,20);1H. The fraction of sp³-hybridized carbons (Fsp3) is 0.588. The molecule has 0 aromatic heterocycles. The van der Waals surface area contributed by atoms with E-state index in [1.54, 1.807) is 19.2 Å². The van der Waals surface area contributed by atoms with Gasteiger partial charge in [-0.2, -0.15) is 0 Å². The predicted molar refractivity (Wildman–Crippen MR) is 123 cm³/mol. The molecule has 0 unspecified atom stereocenters. The Morgan fingerprint density at radius 1 is 1.22 bits per heavy atom. The van der Waals surface area contributed by atoms with E-state index in [2.05, 4.69) is 10.3 Å². The monoisotopic (exact) mass is 532 g/mol. The maximum absolute atomic E-state index is 12.2. The number of sulfonamides is 1. The van der Waals surface area contributed by atoms with E-state index in [0.717, 1.165) is 5.75 Å². The Morgan fingerprint density at radius 2 is 1.81 bits per heavy atom. The molecule has 0 aliphatic carbocycles. The second-order valence-electron chi connectivity index (χ2n) is 5.60. The average molecular weight is 533 g/mol. The van der Waals surface area contributed by atoms with Gasteiger partial charge in [-0.3, -0.25) is 4.99 Å². The molecular formula is C17H30ClIN4O3S. The van der Waals surface area contributed by atoms with E-state index < -0.39 is 10.0 Å². The molecule has 0 spiro atoms. The van der Waals surface area contributed by atoms with Crippen LogP contribution in [-0.4, -0.2) is 76.2 Å². The van der Waals surface area contributed by atoms with Crippen molar-refractivity contribution in [3.63, 3.8) is 0 Å². The van der Waals surface area contributed by atoms with E-state index in [4.69, 9.17) is 16.3 Å². The summed E-state index contributed by atoms with van der Waals surface area (Å²) >= 11 is 5.84. The largest absolute Gasteiger partial charge is 0.492 e. The van der Waals surface area contributed by atoms with Gasteiger partial charge >= 0.3 is 0 Å². The highest BCUT2D eigenvalue weighted by Gasteiger charge is 2.18. The molecule has 1 aromatic carbocycles. The third kappa shape index (κ3) is 9.31. The Bertz CT molecular complexity index is 667. The van der Waals surface area contributed by atoms with Crippen molar-refractivity contribution in [1.82, 2.24) is 14.5 Å². The van der Waals surface area contributed by atoms with Crippen LogP contribution in [0.5, 0.6) is 5.75 Å². The fourth-order valence-corrected chi connectivity index (χ4v) is 3.89. The van der Waals surface area contributed by atoms with E-state index in [1.807, 2.05) is 37.9 Å². The minimum atomic E-state index is -3.25. The Labute approximate surface area is 185 Å². The number of nitrogens with zero attached hydrogens (tertiary/aromatic N) is 3. The average Bonchev–Trinajstić information content (AvgIpc) is 2.61. The molecule has 0 amide bonds. The molecule has 1 rings (SSSR count). The number of hydrogen-bond donors (Lipinski definition) is 1. The van der Waals surface area contributed by atoms with Crippen LogP contribution in [0.2, 0.25) is 5.02 Å². The van der Waals surface area contributed by atoms with Crippen LogP contribution in [0.3, 0.4) is 0 Å². The number of likely N-dealkylation sites (N-methyl/N-ethyl adjacent to an activating group) is 1. The highest BCUT2D eigenvalue weighted by Crippen LogP contribution is 2.15. The van der Waals surface area contributed by atoms with Crippen LogP contribution in [0.1, 0.15) is 13.8 Å². The van der Waals surface area contributed by atoms with Gasteiger partial charge in [0, 0.05) is 38.8 Å². The molecule has 0 aliphatic heterocycles. The van der Waals surface area contributed by atoms with Crippen LogP contribution < -0.4 is 10.1 Å². The zero-order chi connectivity index (χ0) is 19.6. The van der Waals surface area contributed by atoms with Gasteiger partial charge in [-0.25, -0.2) is 12.7 Å². The number of hydrogen-bond acceptors (Lipinski definition) is 4. The lowest BCUT2D eigenvalue weighted by Gasteiger charge is -2.23. The first-order valence-corrected chi connectivity index (χ1v) is 10.6. The summed E-state index contributed by atoms with van der Waals surface area (Å²) in [5, 5.41) is 3.75. The molecule has 0 aliphatic rings. The number of benzene rings is 1. The van der Waals surface area contributed by atoms with Gasteiger partial charge in [0.05, 0.1) is 12.3 Å². The number of guanidine groups is 1. The van der Waals surface area contributed by atoms with Crippen molar-refractivity contribution in [2.45, 2.75) is 13.8 Å². The first kappa shape index (κ1) is 26.2. The number of aliphatic imine (C=N–C) groups is 1. The zero-order valence-electron chi connectivity index (χ0n) is 16.3. The number of ether oxygens (including phenoxy) is 1. The van der Waals surface area contributed by atoms with Gasteiger partial charge in [-0.15, -0.1) is 24.0 Å². The molecule has 0 saturated heterocycles. The molecule has 0 radical (unpaired) electrons. The maximum atomic E-state index is 12.2. The van der Waals surface area contributed by atoms with Crippen LogP contribution in [0.4, 0.5) is 0 Å². The minimum absolute atomic E-state index is 0. The maximum Gasteiger partial charge on any atom is 0.215 e. The molecule has 1 N–H and O–H groups in total. The lowest BCUT2D eigenvalue weighted by molar-refractivity contribution is 0.281. The van der Waals surface area contributed by atoms with E-state index in [1.165, 1.54) is 4.31 Å². The second-order valence-corrected chi connectivity index (χ2v) is 8.12. The van der Waals surface area contributed by atoms with E-state index in [9.17, 15) is 8.42 Å². The Kier molecular flexibility index (Phi) is 13.0. The summed E-state index contributed by atoms with van der Waals surface area (Å²) in [5.74, 6) is 1.40. The fourth-order valence-electron chi connectivity index (χ4n) is 2.36. The van der Waals surface area contributed by atoms with E-state index in [0.29, 0.717) is 43.8 Å². The van der Waals surface area contributed by atoms with Crippen LogP contribution >= 0.6 is 35.6 Å². The third-order valence-electron chi connectivity index (χ3n) is 3.82. The van der Waals surface area contributed by atoms with Crippen molar-refractivity contribution in [1.29, 1.82) is 0 Å². The third-order valence-corrected chi connectivity index (χ3v) is 6.10. The molecule has 27 heavy (non-hydrogen) atoms. The minimum Gasteiger partial charge on any atom is -0.492 e. The van der Waals surface area contributed by atoms with Gasteiger partial charge < -0.3 is 15.0 Å². The van der Waals surface area contributed by atoms with Crippen molar-refractivity contribution in [2.75, 3.05) is 52.6 Å². The lowest BCUT2D eigenvalue weighted by atomic mass is 10.3. The van der Waals surface area contributed by atoms with Gasteiger partial charge in [0.1, 0.15) is 12.4 Å². The second kappa shape index (κ2) is 13.4. The Morgan fingerprint density at radius 3 is 2.33 bits per heavy atom. The Balaban J connectivity index is 0.00000676. The molecule has 156 valence electrons. The molecule has 10 heteroatoms. The lowest BCUT2D eigenvalue weighted by Crippen LogP contribution is -2.44. The quantitative estimate of drug-likeness (QED) is 0.285. The van der Waals surface area contributed by atoms with Crippen molar-refractivity contribution in [3.8, 4) is 5.75 Å². The molecule has 0 atom stereocenters. The summed E-state index contributed by atoms with van der Waals surface area (Å²) in [5.41, 5.74) is 0. The van der Waals surface area contributed by atoms with Crippen molar-refractivity contribution >= 4 is 51.6 Å². The number of rotatable bonds is 10. The molecule has 0 saturated carbocycles. The topological polar surface area (TPSA) is 74.2 Å². The van der Waals surface area contributed by atoms with Crippen LogP contribution in [0.15, 0.2) is 29.3 Å². The first-order chi connectivity index (χ1) is 12.3. The van der Waals surface area contributed by atoms with Gasteiger partial charge in [0.15, 0.2) is 5.96 Å². The van der Waals surface area contributed by atoms with E-state index in [-0.39, 0.29) is 29.7 Å².